The monoisotopic (exact) mass is 399 g/mol. The zero-order chi connectivity index (χ0) is 18.8. The molecular weight excluding hydrogens is 378 g/mol. The first-order chi connectivity index (χ1) is 13.1. The van der Waals surface area contributed by atoms with Crippen LogP contribution in [0.5, 0.6) is 0 Å². The molecule has 7 heteroatoms. The molecule has 1 aliphatic carbocycles. The van der Waals surface area contributed by atoms with Crippen LogP contribution in [0.15, 0.2) is 51.7 Å². The predicted octanol–water partition coefficient (Wildman–Crippen LogP) is 3.99. The van der Waals surface area contributed by atoms with Gasteiger partial charge in [-0.2, -0.15) is 0 Å². The van der Waals surface area contributed by atoms with Gasteiger partial charge in [0.15, 0.2) is 5.16 Å². The van der Waals surface area contributed by atoms with E-state index in [1.54, 1.807) is 10.6 Å². The quantitative estimate of drug-likeness (QED) is 0.521. The number of para-hydroxylation sites is 1. The summed E-state index contributed by atoms with van der Waals surface area (Å²) in [4.78, 5) is 31.1. The van der Waals surface area contributed by atoms with Crippen LogP contribution in [0.2, 0.25) is 0 Å². The maximum Gasteiger partial charge on any atom is 0.267 e. The Balaban J connectivity index is 1.67. The lowest BCUT2D eigenvalue weighted by Gasteiger charge is -2.18. The standard InChI is InChI=1S/C20H21N3O2S2/c1-13(17(24)21-14-7-5-6-8-14)27-20-22-18-16(11-12-26-18)19(25)23(20)15-9-3-2-4-10-15/h2-4,9-14H,5-8H2,1H3,(H,21,24)/t13-/m0/s1. The van der Waals surface area contributed by atoms with Crippen molar-refractivity contribution in [3.05, 3.63) is 52.1 Å². The number of nitrogens with zero attached hydrogens (tertiary/aromatic N) is 2. The molecule has 27 heavy (non-hydrogen) atoms. The molecule has 0 unspecified atom stereocenters. The second-order valence-electron chi connectivity index (χ2n) is 6.76. The van der Waals surface area contributed by atoms with E-state index in [1.165, 1.54) is 35.9 Å². The van der Waals surface area contributed by atoms with Crippen molar-refractivity contribution in [3.63, 3.8) is 0 Å². The van der Waals surface area contributed by atoms with Crippen LogP contribution in [0, 0.1) is 0 Å². The Morgan fingerprint density at radius 1 is 1.26 bits per heavy atom. The van der Waals surface area contributed by atoms with E-state index in [1.807, 2.05) is 42.6 Å². The first kappa shape index (κ1) is 18.3. The number of hydrogen-bond donors (Lipinski definition) is 1. The Labute approximate surface area is 165 Å². The third-order valence-electron chi connectivity index (χ3n) is 4.83. The van der Waals surface area contributed by atoms with Gasteiger partial charge in [0.1, 0.15) is 4.83 Å². The molecular formula is C20H21N3O2S2. The minimum Gasteiger partial charge on any atom is -0.352 e. The van der Waals surface area contributed by atoms with Crippen LogP contribution in [0.3, 0.4) is 0 Å². The number of fused-ring (bicyclic) bond motifs is 1. The topological polar surface area (TPSA) is 64.0 Å². The lowest BCUT2D eigenvalue weighted by Crippen LogP contribution is -2.38. The minimum atomic E-state index is -0.329. The summed E-state index contributed by atoms with van der Waals surface area (Å²) in [5, 5.41) is 5.84. The lowest BCUT2D eigenvalue weighted by molar-refractivity contribution is -0.120. The van der Waals surface area contributed by atoms with E-state index in [9.17, 15) is 9.59 Å². The molecule has 4 rings (SSSR count). The van der Waals surface area contributed by atoms with E-state index in [0.717, 1.165) is 18.5 Å². The number of carbonyl (C=O) groups is 1. The average molecular weight is 400 g/mol. The van der Waals surface area contributed by atoms with Gasteiger partial charge in [-0.15, -0.1) is 11.3 Å². The Hall–Kier alpha value is -2.12. The van der Waals surface area contributed by atoms with Crippen molar-refractivity contribution in [2.45, 2.75) is 49.1 Å². The Morgan fingerprint density at radius 2 is 2.00 bits per heavy atom. The molecule has 0 saturated heterocycles. The molecule has 1 amide bonds. The highest BCUT2D eigenvalue weighted by Crippen LogP contribution is 2.27. The highest BCUT2D eigenvalue weighted by atomic mass is 32.2. The van der Waals surface area contributed by atoms with Crippen LogP contribution < -0.4 is 10.9 Å². The second-order valence-corrected chi connectivity index (χ2v) is 8.96. The summed E-state index contributed by atoms with van der Waals surface area (Å²) in [6.45, 7) is 1.87. The number of rotatable bonds is 5. The van der Waals surface area contributed by atoms with E-state index < -0.39 is 0 Å². The van der Waals surface area contributed by atoms with E-state index in [0.29, 0.717) is 15.4 Å². The van der Waals surface area contributed by atoms with Crippen molar-refractivity contribution in [3.8, 4) is 5.69 Å². The van der Waals surface area contributed by atoms with Crippen LogP contribution in [-0.4, -0.2) is 26.8 Å². The molecule has 3 aromatic rings. The molecule has 1 fully saturated rings. The lowest BCUT2D eigenvalue weighted by atomic mass is 10.2. The zero-order valence-electron chi connectivity index (χ0n) is 15.1. The Morgan fingerprint density at radius 3 is 2.74 bits per heavy atom. The van der Waals surface area contributed by atoms with Crippen molar-refractivity contribution in [2.24, 2.45) is 0 Å². The number of carbonyl (C=O) groups excluding carboxylic acids is 1. The molecule has 1 aliphatic rings. The van der Waals surface area contributed by atoms with Gasteiger partial charge in [0.2, 0.25) is 5.91 Å². The fourth-order valence-electron chi connectivity index (χ4n) is 3.38. The van der Waals surface area contributed by atoms with E-state index >= 15 is 0 Å². The molecule has 2 heterocycles. The SMILES string of the molecule is C[C@H](Sc1nc2sccc2c(=O)n1-c1ccccc1)C(=O)NC1CCCC1. The maximum absolute atomic E-state index is 13.1. The molecule has 0 radical (unpaired) electrons. The molecule has 1 saturated carbocycles. The number of amides is 1. The van der Waals surface area contributed by atoms with Crippen LogP contribution in [0.4, 0.5) is 0 Å². The second kappa shape index (κ2) is 7.86. The molecule has 5 nitrogen and oxygen atoms in total. The molecule has 2 aromatic heterocycles. The first-order valence-electron chi connectivity index (χ1n) is 9.16. The van der Waals surface area contributed by atoms with E-state index in [2.05, 4.69) is 5.32 Å². The summed E-state index contributed by atoms with van der Waals surface area (Å²) < 4.78 is 1.61. The van der Waals surface area contributed by atoms with Gasteiger partial charge in [-0.1, -0.05) is 42.8 Å². The number of thioether (sulfide) groups is 1. The van der Waals surface area contributed by atoms with Crippen LogP contribution >= 0.6 is 23.1 Å². The number of aromatic nitrogens is 2. The maximum atomic E-state index is 13.1. The summed E-state index contributed by atoms with van der Waals surface area (Å²) in [5.74, 6) is 0.00652. The number of benzene rings is 1. The highest BCUT2D eigenvalue weighted by Gasteiger charge is 2.24. The normalized spacial score (nSPS) is 15.9. The van der Waals surface area contributed by atoms with Gasteiger partial charge < -0.3 is 5.32 Å². The first-order valence-corrected chi connectivity index (χ1v) is 10.9. The number of hydrogen-bond acceptors (Lipinski definition) is 5. The molecule has 140 valence electrons. The zero-order valence-corrected chi connectivity index (χ0v) is 16.7. The van der Waals surface area contributed by atoms with Crippen molar-refractivity contribution in [1.29, 1.82) is 0 Å². The third-order valence-corrected chi connectivity index (χ3v) is 6.69. The minimum absolute atomic E-state index is 0.00652. The van der Waals surface area contributed by atoms with Gasteiger partial charge in [-0.3, -0.25) is 14.2 Å². The van der Waals surface area contributed by atoms with Gasteiger partial charge >= 0.3 is 0 Å². The van der Waals surface area contributed by atoms with Crippen LogP contribution in [0.25, 0.3) is 15.9 Å². The summed E-state index contributed by atoms with van der Waals surface area (Å²) in [5.41, 5.74) is 0.660. The molecule has 0 spiro atoms. The molecule has 0 aliphatic heterocycles. The van der Waals surface area contributed by atoms with Gasteiger partial charge in [0.25, 0.3) is 5.56 Å². The van der Waals surface area contributed by atoms with Crippen LogP contribution in [-0.2, 0) is 4.79 Å². The molecule has 0 bridgehead atoms. The predicted molar refractivity (Wildman–Crippen MR) is 111 cm³/mol. The smallest absolute Gasteiger partial charge is 0.267 e. The third kappa shape index (κ3) is 3.80. The summed E-state index contributed by atoms with van der Waals surface area (Å²) in [7, 11) is 0. The van der Waals surface area contributed by atoms with E-state index in [4.69, 9.17) is 4.98 Å². The molecule has 1 N–H and O–H groups in total. The van der Waals surface area contributed by atoms with Gasteiger partial charge in [0, 0.05) is 6.04 Å². The van der Waals surface area contributed by atoms with Crippen LogP contribution in [0.1, 0.15) is 32.6 Å². The fraction of sp³-hybridized carbons (Fsp3) is 0.350. The average Bonchev–Trinajstić information content (AvgIpc) is 3.34. The molecule has 1 aromatic carbocycles. The van der Waals surface area contributed by atoms with Gasteiger partial charge in [0.05, 0.1) is 16.3 Å². The van der Waals surface area contributed by atoms with Crippen molar-refractivity contribution < 1.29 is 4.79 Å². The summed E-state index contributed by atoms with van der Waals surface area (Å²) in [6.07, 6.45) is 4.46. The van der Waals surface area contributed by atoms with E-state index in [-0.39, 0.29) is 22.8 Å². The number of thiophene rings is 1. The van der Waals surface area contributed by atoms with Crippen molar-refractivity contribution in [1.82, 2.24) is 14.9 Å². The van der Waals surface area contributed by atoms with Gasteiger partial charge in [-0.05, 0) is 43.3 Å². The Bertz CT molecular complexity index is 1010. The van der Waals surface area contributed by atoms with Gasteiger partial charge in [-0.25, -0.2) is 4.98 Å². The largest absolute Gasteiger partial charge is 0.352 e. The summed E-state index contributed by atoms with van der Waals surface area (Å²) in [6, 6.07) is 11.6. The number of nitrogens with one attached hydrogen (secondary N) is 1. The molecule has 1 atom stereocenters. The Kier molecular flexibility index (Phi) is 5.31. The highest BCUT2D eigenvalue weighted by molar-refractivity contribution is 8.00. The fourth-order valence-corrected chi connectivity index (χ4v) is 5.12. The summed E-state index contributed by atoms with van der Waals surface area (Å²) >= 11 is 2.78. The van der Waals surface area contributed by atoms with Crippen molar-refractivity contribution >= 4 is 39.2 Å². The van der Waals surface area contributed by atoms with Crippen molar-refractivity contribution in [2.75, 3.05) is 0 Å².